The highest BCUT2D eigenvalue weighted by Crippen LogP contribution is 2.08. The van der Waals surface area contributed by atoms with Crippen LogP contribution in [0.2, 0.25) is 0 Å². The van der Waals surface area contributed by atoms with Crippen LogP contribution in [-0.4, -0.2) is 58.9 Å². The largest absolute Gasteiger partial charge is 0.479 e. The van der Waals surface area contributed by atoms with Crippen molar-refractivity contribution < 1.29 is 15.0 Å². The van der Waals surface area contributed by atoms with Crippen molar-refractivity contribution in [3.05, 3.63) is 0 Å². The molecule has 5 nitrogen and oxygen atoms in total. The van der Waals surface area contributed by atoms with Crippen molar-refractivity contribution in [2.24, 2.45) is 0 Å². The molecule has 0 aromatic carbocycles. The molecule has 5 heteroatoms. The van der Waals surface area contributed by atoms with Gasteiger partial charge in [0.2, 0.25) is 0 Å². The Kier molecular flexibility index (Phi) is 3.47. The third kappa shape index (κ3) is 2.94. The van der Waals surface area contributed by atoms with Gasteiger partial charge in [-0.15, -0.1) is 0 Å². The first-order valence-corrected chi connectivity index (χ1v) is 4.83. The second kappa shape index (κ2) is 4.25. The van der Waals surface area contributed by atoms with Crippen LogP contribution < -0.4 is 5.32 Å². The van der Waals surface area contributed by atoms with Crippen molar-refractivity contribution in [3.8, 4) is 0 Å². The van der Waals surface area contributed by atoms with Gasteiger partial charge >= 0.3 is 5.97 Å². The minimum atomic E-state index is -1.64. The summed E-state index contributed by atoms with van der Waals surface area (Å²) in [5, 5.41) is 21.6. The number of hydrogen-bond donors (Lipinski definition) is 3. The Morgan fingerprint density at radius 2 is 2.36 bits per heavy atom. The zero-order valence-electron chi connectivity index (χ0n) is 8.66. The smallest absolute Gasteiger partial charge is 0.336 e. The van der Waals surface area contributed by atoms with Gasteiger partial charge in [-0.3, -0.25) is 4.90 Å². The number of carboxylic acids is 1. The Morgan fingerprint density at radius 3 is 2.86 bits per heavy atom. The number of nitrogens with zero attached hydrogens (tertiary/aromatic N) is 1. The van der Waals surface area contributed by atoms with Gasteiger partial charge in [-0.05, 0) is 13.8 Å². The molecule has 0 radical (unpaired) electrons. The predicted octanol–water partition coefficient (Wildman–Crippen LogP) is -0.884. The average molecular weight is 202 g/mol. The van der Waals surface area contributed by atoms with Crippen LogP contribution in [0.25, 0.3) is 0 Å². The molecule has 0 saturated carbocycles. The van der Waals surface area contributed by atoms with Crippen LogP contribution in [0.15, 0.2) is 0 Å². The van der Waals surface area contributed by atoms with Gasteiger partial charge < -0.3 is 15.5 Å². The highest BCUT2D eigenvalue weighted by Gasteiger charge is 2.33. The van der Waals surface area contributed by atoms with Gasteiger partial charge in [-0.2, -0.15) is 0 Å². The summed E-state index contributed by atoms with van der Waals surface area (Å²) in [6.45, 7) is 5.98. The maximum Gasteiger partial charge on any atom is 0.336 e. The van der Waals surface area contributed by atoms with E-state index in [4.69, 9.17) is 5.11 Å². The molecule has 14 heavy (non-hydrogen) atoms. The molecule has 1 saturated heterocycles. The molecule has 82 valence electrons. The molecule has 0 amide bonds. The molecule has 2 unspecified atom stereocenters. The number of aliphatic carboxylic acids is 1. The van der Waals surface area contributed by atoms with E-state index < -0.39 is 11.6 Å². The first-order valence-electron chi connectivity index (χ1n) is 4.83. The molecule has 1 heterocycles. The topological polar surface area (TPSA) is 72.8 Å². The fourth-order valence-corrected chi connectivity index (χ4v) is 1.66. The van der Waals surface area contributed by atoms with E-state index in [1.165, 1.54) is 6.92 Å². The van der Waals surface area contributed by atoms with E-state index in [-0.39, 0.29) is 6.54 Å². The fraction of sp³-hybridized carbons (Fsp3) is 0.889. The molecule has 0 aromatic rings. The summed E-state index contributed by atoms with van der Waals surface area (Å²) in [4.78, 5) is 12.7. The Hall–Kier alpha value is -0.650. The average Bonchev–Trinajstić information content (AvgIpc) is 2.02. The van der Waals surface area contributed by atoms with Crippen molar-refractivity contribution in [1.82, 2.24) is 10.2 Å². The summed E-state index contributed by atoms with van der Waals surface area (Å²) in [5.74, 6) is -1.16. The molecule has 0 aliphatic carbocycles. The third-order valence-electron chi connectivity index (χ3n) is 2.45. The van der Waals surface area contributed by atoms with E-state index in [2.05, 4.69) is 5.32 Å². The van der Waals surface area contributed by atoms with Gasteiger partial charge in [0.05, 0.1) is 0 Å². The quantitative estimate of drug-likeness (QED) is 0.554. The van der Waals surface area contributed by atoms with Gasteiger partial charge in [0.1, 0.15) is 0 Å². The Balaban J connectivity index is 2.47. The van der Waals surface area contributed by atoms with E-state index in [0.717, 1.165) is 19.6 Å². The summed E-state index contributed by atoms with van der Waals surface area (Å²) in [5.41, 5.74) is -1.64. The van der Waals surface area contributed by atoms with Gasteiger partial charge in [0, 0.05) is 32.2 Å². The van der Waals surface area contributed by atoms with Crippen molar-refractivity contribution >= 4 is 5.97 Å². The van der Waals surface area contributed by atoms with Crippen LogP contribution in [0.5, 0.6) is 0 Å². The second-order valence-corrected chi connectivity index (χ2v) is 4.17. The number of hydrogen-bond acceptors (Lipinski definition) is 4. The first-order chi connectivity index (χ1) is 6.42. The number of aliphatic hydroxyl groups is 1. The van der Waals surface area contributed by atoms with Crippen LogP contribution in [0, 0.1) is 0 Å². The Bertz CT molecular complexity index is 218. The molecule has 1 aliphatic heterocycles. The zero-order valence-corrected chi connectivity index (χ0v) is 8.66. The maximum absolute atomic E-state index is 10.7. The minimum absolute atomic E-state index is 0.189. The fourth-order valence-electron chi connectivity index (χ4n) is 1.66. The molecule has 1 aliphatic rings. The number of rotatable bonds is 3. The SMILES string of the molecule is CC1CN(CC(C)(O)C(=O)O)CCN1. The van der Waals surface area contributed by atoms with Crippen LogP contribution in [0.4, 0.5) is 0 Å². The monoisotopic (exact) mass is 202 g/mol. The number of nitrogens with one attached hydrogen (secondary N) is 1. The van der Waals surface area contributed by atoms with Crippen LogP contribution >= 0.6 is 0 Å². The summed E-state index contributed by atoms with van der Waals surface area (Å²) < 4.78 is 0. The Morgan fingerprint density at radius 1 is 1.71 bits per heavy atom. The lowest BCUT2D eigenvalue weighted by Gasteiger charge is -2.35. The van der Waals surface area contributed by atoms with Crippen molar-refractivity contribution in [2.75, 3.05) is 26.2 Å². The van der Waals surface area contributed by atoms with Gasteiger partial charge in [0.25, 0.3) is 0 Å². The molecule has 0 aromatic heterocycles. The predicted molar refractivity (Wildman–Crippen MR) is 52.2 cm³/mol. The first kappa shape index (κ1) is 11.4. The molecule has 3 N–H and O–H groups in total. The maximum atomic E-state index is 10.7. The van der Waals surface area contributed by atoms with Crippen molar-refractivity contribution in [3.63, 3.8) is 0 Å². The number of β-amino-alcohol motifs (C(OH)–C–C–N with tert-alkyl or cyclic N) is 1. The van der Waals surface area contributed by atoms with Crippen LogP contribution in [0.1, 0.15) is 13.8 Å². The van der Waals surface area contributed by atoms with E-state index >= 15 is 0 Å². The molecule has 0 bridgehead atoms. The van der Waals surface area contributed by atoms with E-state index in [9.17, 15) is 9.90 Å². The van der Waals surface area contributed by atoms with Gasteiger partial charge in [-0.1, -0.05) is 0 Å². The van der Waals surface area contributed by atoms with Crippen molar-refractivity contribution in [2.45, 2.75) is 25.5 Å². The lowest BCUT2D eigenvalue weighted by atomic mass is 10.1. The van der Waals surface area contributed by atoms with E-state index in [1.54, 1.807) is 0 Å². The minimum Gasteiger partial charge on any atom is -0.479 e. The molecular formula is C9H18N2O3. The van der Waals surface area contributed by atoms with Gasteiger partial charge in [0.15, 0.2) is 5.60 Å². The number of carbonyl (C=O) groups is 1. The van der Waals surface area contributed by atoms with E-state index in [1.807, 2.05) is 11.8 Å². The molecule has 1 rings (SSSR count). The second-order valence-electron chi connectivity index (χ2n) is 4.17. The summed E-state index contributed by atoms with van der Waals surface area (Å²) in [6, 6.07) is 0.355. The standard InChI is InChI=1S/C9H18N2O3/c1-7-5-11(4-3-10-7)6-9(2,14)8(12)13/h7,10,14H,3-6H2,1-2H3,(H,12,13). The number of carboxylic acid groups (broad SMARTS) is 1. The summed E-state index contributed by atoms with van der Waals surface area (Å²) in [7, 11) is 0. The van der Waals surface area contributed by atoms with Crippen LogP contribution in [-0.2, 0) is 4.79 Å². The van der Waals surface area contributed by atoms with Crippen LogP contribution in [0.3, 0.4) is 0 Å². The highest BCUT2D eigenvalue weighted by molar-refractivity contribution is 5.76. The lowest BCUT2D eigenvalue weighted by molar-refractivity contribution is -0.158. The zero-order chi connectivity index (χ0) is 10.8. The third-order valence-corrected chi connectivity index (χ3v) is 2.45. The number of piperazine rings is 1. The molecule has 1 fully saturated rings. The van der Waals surface area contributed by atoms with E-state index in [0.29, 0.717) is 6.04 Å². The van der Waals surface area contributed by atoms with Gasteiger partial charge in [-0.25, -0.2) is 4.79 Å². The molecule has 2 atom stereocenters. The molecular weight excluding hydrogens is 184 g/mol. The Labute approximate surface area is 83.7 Å². The molecule has 0 spiro atoms. The normalized spacial score (nSPS) is 28.4. The van der Waals surface area contributed by atoms with Crippen molar-refractivity contribution in [1.29, 1.82) is 0 Å². The summed E-state index contributed by atoms with van der Waals surface area (Å²) >= 11 is 0. The lowest BCUT2D eigenvalue weighted by Crippen LogP contribution is -2.55. The summed E-state index contributed by atoms with van der Waals surface area (Å²) in [6.07, 6.45) is 0. The highest BCUT2D eigenvalue weighted by atomic mass is 16.4.